The summed E-state index contributed by atoms with van der Waals surface area (Å²) in [6.07, 6.45) is -0.371. The Kier molecular flexibility index (Phi) is 3.37. The van der Waals surface area contributed by atoms with Crippen molar-refractivity contribution in [2.45, 2.75) is 18.8 Å². The number of hydrazine groups is 1. The van der Waals surface area contributed by atoms with Crippen molar-refractivity contribution in [3.8, 4) is 0 Å². The quantitative estimate of drug-likeness (QED) is 0.700. The maximum absolute atomic E-state index is 12.0. The van der Waals surface area contributed by atoms with E-state index in [-0.39, 0.29) is 24.2 Å². The first-order chi connectivity index (χ1) is 9.24. The van der Waals surface area contributed by atoms with Gasteiger partial charge in [0.05, 0.1) is 6.17 Å². The van der Waals surface area contributed by atoms with Gasteiger partial charge in [-0.1, -0.05) is 30.3 Å². The van der Waals surface area contributed by atoms with Crippen molar-refractivity contribution in [3.63, 3.8) is 0 Å². The highest BCUT2D eigenvalue weighted by Gasteiger charge is 2.43. The number of ether oxygens (including phenoxy) is 1. The zero-order valence-electron chi connectivity index (χ0n) is 10.6. The molecular weight excluding hydrogens is 244 g/mol. The van der Waals surface area contributed by atoms with E-state index >= 15 is 0 Å². The van der Waals surface area contributed by atoms with Crippen LogP contribution in [0.5, 0.6) is 0 Å². The van der Waals surface area contributed by atoms with Gasteiger partial charge in [-0.05, 0) is 5.56 Å². The molecule has 2 saturated heterocycles. The molecule has 0 aromatic heterocycles. The van der Waals surface area contributed by atoms with Crippen molar-refractivity contribution >= 4 is 6.09 Å². The number of carbonyl (C=O) groups excluding carboxylic acids is 1. The first kappa shape index (κ1) is 12.4. The Morgan fingerprint density at radius 1 is 1.32 bits per heavy atom. The molecule has 2 fully saturated rings. The SMILES string of the molecule is NC1NNC2CN(C(=O)OCc3ccccc3)CC12. The zero-order chi connectivity index (χ0) is 13.2. The average Bonchev–Trinajstić information content (AvgIpc) is 3.00. The molecule has 3 unspecified atom stereocenters. The molecule has 2 heterocycles. The number of hydrogen-bond donors (Lipinski definition) is 3. The lowest BCUT2D eigenvalue weighted by Gasteiger charge is -2.18. The molecule has 0 spiro atoms. The fourth-order valence-corrected chi connectivity index (χ4v) is 2.62. The Morgan fingerprint density at radius 3 is 2.84 bits per heavy atom. The summed E-state index contributed by atoms with van der Waals surface area (Å²) in [5.74, 6) is 0.254. The van der Waals surface area contributed by atoms with Crippen molar-refractivity contribution in [3.05, 3.63) is 35.9 Å². The fourth-order valence-electron chi connectivity index (χ4n) is 2.62. The molecular formula is C13H18N4O2. The van der Waals surface area contributed by atoms with E-state index in [0.717, 1.165) is 5.56 Å². The van der Waals surface area contributed by atoms with Gasteiger partial charge in [0.25, 0.3) is 0 Å². The minimum absolute atomic E-state index is 0.100. The molecule has 3 atom stereocenters. The van der Waals surface area contributed by atoms with Gasteiger partial charge in [-0.15, -0.1) is 0 Å². The lowest BCUT2D eigenvalue weighted by molar-refractivity contribution is 0.101. The van der Waals surface area contributed by atoms with E-state index in [1.807, 2.05) is 30.3 Å². The van der Waals surface area contributed by atoms with Gasteiger partial charge >= 0.3 is 6.09 Å². The highest BCUT2D eigenvalue weighted by molar-refractivity contribution is 5.68. The van der Waals surface area contributed by atoms with Gasteiger partial charge in [0.2, 0.25) is 0 Å². The predicted molar refractivity (Wildman–Crippen MR) is 69.7 cm³/mol. The normalized spacial score (nSPS) is 29.3. The summed E-state index contributed by atoms with van der Waals surface area (Å²) in [6, 6.07) is 9.89. The Bertz CT molecular complexity index is 453. The lowest BCUT2D eigenvalue weighted by Crippen LogP contribution is -2.44. The third-order valence-corrected chi connectivity index (χ3v) is 3.73. The highest BCUT2D eigenvalue weighted by atomic mass is 16.6. The molecule has 6 nitrogen and oxygen atoms in total. The number of amides is 1. The molecule has 0 bridgehead atoms. The molecule has 1 aromatic carbocycles. The number of carbonyl (C=O) groups is 1. The van der Waals surface area contributed by atoms with Crippen LogP contribution in [0.25, 0.3) is 0 Å². The Balaban J connectivity index is 1.52. The number of benzene rings is 1. The van der Waals surface area contributed by atoms with Crippen LogP contribution in [-0.4, -0.2) is 36.3 Å². The van der Waals surface area contributed by atoms with Crippen LogP contribution in [0.3, 0.4) is 0 Å². The van der Waals surface area contributed by atoms with Crippen LogP contribution in [0.2, 0.25) is 0 Å². The molecule has 2 aliphatic rings. The second kappa shape index (κ2) is 5.16. The molecule has 1 amide bonds. The van der Waals surface area contributed by atoms with E-state index in [1.54, 1.807) is 4.90 Å². The number of hydrogen-bond acceptors (Lipinski definition) is 5. The number of fused-ring (bicyclic) bond motifs is 1. The van der Waals surface area contributed by atoms with Crippen LogP contribution in [0, 0.1) is 5.92 Å². The molecule has 19 heavy (non-hydrogen) atoms. The van der Waals surface area contributed by atoms with Crippen LogP contribution in [0.1, 0.15) is 5.56 Å². The van der Waals surface area contributed by atoms with Crippen LogP contribution in [0.15, 0.2) is 30.3 Å². The second-order valence-corrected chi connectivity index (χ2v) is 5.03. The van der Waals surface area contributed by atoms with Gasteiger partial charge in [0.15, 0.2) is 0 Å². The molecule has 0 radical (unpaired) electrons. The van der Waals surface area contributed by atoms with Gasteiger partial charge in [-0.2, -0.15) is 0 Å². The van der Waals surface area contributed by atoms with Crippen LogP contribution in [0.4, 0.5) is 4.79 Å². The van der Waals surface area contributed by atoms with Crippen LogP contribution < -0.4 is 16.6 Å². The van der Waals surface area contributed by atoms with E-state index in [2.05, 4.69) is 10.9 Å². The molecule has 4 N–H and O–H groups in total. The first-order valence-electron chi connectivity index (χ1n) is 6.46. The number of nitrogens with zero attached hydrogens (tertiary/aromatic N) is 1. The summed E-state index contributed by atoms with van der Waals surface area (Å²) in [7, 11) is 0. The zero-order valence-corrected chi connectivity index (χ0v) is 10.6. The summed E-state index contributed by atoms with van der Waals surface area (Å²) >= 11 is 0. The number of nitrogens with one attached hydrogen (secondary N) is 2. The summed E-state index contributed by atoms with van der Waals surface area (Å²) in [5, 5.41) is 0. The van der Waals surface area contributed by atoms with Crippen molar-refractivity contribution in [2.75, 3.05) is 13.1 Å². The molecule has 0 saturated carbocycles. The van der Waals surface area contributed by atoms with Crippen molar-refractivity contribution < 1.29 is 9.53 Å². The molecule has 0 aliphatic carbocycles. The van der Waals surface area contributed by atoms with Crippen LogP contribution in [-0.2, 0) is 11.3 Å². The molecule has 1 aromatic rings. The summed E-state index contributed by atoms with van der Waals surface area (Å²) < 4.78 is 5.31. The maximum Gasteiger partial charge on any atom is 0.410 e. The minimum atomic E-state index is -0.271. The number of rotatable bonds is 2. The summed E-state index contributed by atoms with van der Waals surface area (Å²) in [5.41, 5.74) is 13.0. The van der Waals surface area contributed by atoms with Gasteiger partial charge in [0.1, 0.15) is 6.61 Å². The first-order valence-corrected chi connectivity index (χ1v) is 6.46. The van der Waals surface area contributed by atoms with Gasteiger partial charge in [-0.3, -0.25) is 5.43 Å². The minimum Gasteiger partial charge on any atom is -0.445 e. The number of likely N-dealkylation sites (tertiary alicyclic amines) is 1. The molecule has 102 valence electrons. The van der Waals surface area contributed by atoms with Crippen molar-refractivity contribution in [2.24, 2.45) is 11.7 Å². The van der Waals surface area contributed by atoms with E-state index in [1.165, 1.54) is 0 Å². The third kappa shape index (κ3) is 2.56. The Labute approximate surface area is 111 Å². The number of nitrogens with two attached hydrogens (primary N) is 1. The smallest absolute Gasteiger partial charge is 0.410 e. The third-order valence-electron chi connectivity index (χ3n) is 3.73. The largest absolute Gasteiger partial charge is 0.445 e. The van der Waals surface area contributed by atoms with E-state index < -0.39 is 0 Å². The van der Waals surface area contributed by atoms with Gasteiger partial charge in [0, 0.05) is 25.0 Å². The topological polar surface area (TPSA) is 79.6 Å². The standard InChI is InChI=1S/C13H18N4O2/c14-12-10-6-17(7-11(10)15-16-12)13(18)19-8-9-4-2-1-3-5-9/h1-5,10-12,15-16H,6-8,14H2. The molecule has 2 aliphatic heterocycles. The van der Waals surface area contributed by atoms with Crippen molar-refractivity contribution in [1.82, 2.24) is 15.8 Å². The molecule has 3 rings (SSSR count). The maximum atomic E-state index is 12.0. The summed E-state index contributed by atoms with van der Waals surface area (Å²) in [6.45, 7) is 1.59. The van der Waals surface area contributed by atoms with E-state index in [0.29, 0.717) is 19.7 Å². The van der Waals surface area contributed by atoms with E-state index in [4.69, 9.17) is 10.5 Å². The molecule has 6 heteroatoms. The van der Waals surface area contributed by atoms with Gasteiger partial charge < -0.3 is 15.4 Å². The van der Waals surface area contributed by atoms with Crippen molar-refractivity contribution in [1.29, 1.82) is 0 Å². The lowest BCUT2D eigenvalue weighted by atomic mass is 10.0. The van der Waals surface area contributed by atoms with Gasteiger partial charge in [-0.25, -0.2) is 10.2 Å². The van der Waals surface area contributed by atoms with Crippen LogP contribution >= 0.6 is 0 Å². The monoisotopic (exact) mass is 262 g/mol. The fraction of sp³-hybridized carbons (Fsp3) is 0.462. The Hall–Kier alpha value is -1.63. The highest BCUT2D eigenvalue weighted by Crippen LogP contribution is 2.22. The average molecular weight is 262 g/mol. The second-order valence-electron chi connectivity index (χ2n) is 5.03. The Morgan fingerprint density at radius 2 is 2.11 bits per heavy atom. The summed E-state index contributed by atoms with van der Waals surface area (Å²) in [4.78, 5) is 13.7. The van der Waals surface area contributed by atoms with E-state index in [9.17, 15) is 4.79 Å². The predicted octanol–water partition coefficient (Wildman–Crippen LogP) is 0.0162.